The van der Waals surface area contributed by atoms with Crippen LogP contribution in [0.1, 0.15) is 38.5 Å². The van der Waals surface area contributed by atoms with Crippen molar-refractivity contribution in [3.8, 4) is 0 Å². The molecule has 3 nitrogen and oxygen atoms in total. The molecule has 1 atom stereocenters. The molecule has 1 aliphatic carbocycles. The minimum Gasteiger partial charge on any atom is -0.396 e. The van der Waals surface area contributed by atoms with E-state index in [9.17, 15) is 0 Å². The van der Waals surface area contributed by atoms with Crippen LogP contribution in [0.3, 0.4) is 0 Å². The normalized spacial score (nSPS) is 28.0. The molecular formula is C12H24N2O. The fourth-order valence-corrected chi connectivity index (χ4v) is 2.75. The summed E-state index contributed by atoms with van der Waals surface area (Å²) in [6.07, 6.45) is 7.75. The van der Waals surface area contributed by atoms with E-state index in [1.807, 2.05) is 0 Å². The maximum absolute atomic E-state index is 8.94. The highest BCUT2D eigenvalue weighted by Crippen LogP contribution is 2.28. The summed E-state index contributed by atoms with van der Waals surface area (Å²) >= 11 is 0. The van der Waals surface area contributed by atoms with Crippen molar-refractivity contribution in [3.05, 3.63) is 0 Å². The molecule has 0 aromatic heterocycles. The van der Waals surface area contributed by atoms with Gasteiger partial charge in [0, 0.05) is 31.8 Å². The molecule has 1 saturated heterocycles. The van der Waals surface area contributed by atoms with Gasteiger partial charge in [0.15, 0.2) is 0 Å². The van der Waals surface area contributed by atoms with Crippen LogP contribution < -0.4 is 5.32 Å². The van der Waals surface area contributed by atoms with Crippen LogP contribution in [0.2, 0.25) is 0 Å². The predicted molar refractivity (Wildman–Crippen MR) is 61.9 cm³/mol. The molecule has 1 unspecified atom stereocenters. The van der Waals surface area contributed by atoms with Crippen molar-refractivity contribution < 1.29 is 5.11 Å². The van der Waals surface area contributed by atoms with Crippen molar-refractivity contribution >= 4 is 0 Å². The lowest BCUT2D eigenvalue weighted by Crippen LogP contribution is -2.52. The lowest BCUT2D eigenvalue weighted by Gasteiger charge is -2.44. The first-order chi connectivity index (χ1) is 7.42. The molecule has 2 N–H and O–H groups in total. The maximum atomic E-state index is 8.94. The quantitative estimate of drug-likeness (QED) is 0.713. The van der Waals surface area contributed by atoms with Crippen molar-refractivity contribution in [1.82, 2.24) is 10.2 Å². The summed E-state index contributed by atoms with van der Waals surface area (Å²) in [7, 11) is 0. The maximum Gasteiger partial charge on any atom is 0.0443 e. The summed E-state index contributed by atoms with van der Waals surface area (Å²) in [5.41, 5.74) is 0. The Hall–Kier alpha value is -0.120. The van der Waals surface area contributed by atoms with Crippen LogP contribution in [0.5, 0.6) is 0 Å². The third-order valence-corrected chi connectivity index (χ3v) is 3.86. The van der Waals surface area contributed by atoms with Gasteiger partial charge in [0.05, 0.1) is 0 Å². The highest BCUT2D eigenvalue weighted by Gasteiger charge is 2.30. The molecule has 15 heavy (non-hydrogen) atoms. The number of hydrogen-bond donors (Lipinski definition) is 2. The Labute approximate surface area is 92.8 Å². The molecule has 0 spiro atoms. The average molecular weight is 212 g/mol. The van der Waals surface area contributed by atoms with Gasteiger partial charge in [-0.3, -0.25) is 4.90 Å². The summed E-state index contributed by atoms with van der Waals surface area (Å²) in [5.74, 6) is 0. The van der Waals surface area contributed by atoms with Crippen molar-refractivity contribution in [2.45, 2.75) is 50.6 Å². The third kappa shape index (κ3) is 2.92. The Kier molecular flexibility index (Phi) is 4.42. The van der Waals surface area contributed by atoms with Crippen LogP contribution >= 0.6 is 0 Å². The van der Waals surface area contributed by atoms with Gasteiger partial charge in [-0.15, -0.1) is 0 Å². The van der Waals surface area contributed by atoms with E-state index in [0.717, 1.165) is 31.6 Å². The van der Waals surface area contributed by atoms with Crippen molar-refractivity contribution in [2.24, 2.45) is 0 Å². The predicted octanol–water partition coefficient (Wildman–Crippen LogP) is 0.975. The Morgan fingerprint density at radius 1 is 1.13 bits per heavy atom. The van der Waals surface area contributed by atoms with Crippen molar-refractivity contribution in [3.63, 3.8) is 0 Å². The Morgan fingerprint density at radius 2 is 1.93 bits per heavy atom. The molecule has 0 aromatic carbocycles. The van der Waals surface area contributed by atoms with E-state index >= 15 is 0 Å². The topological polar surface area (TPSA) is 35.5 Å². The number of aliphatic hydroxyl groups excluding tert-OH is 1. The molecule has 2 fully saturated rings. The van der Waals surface area contributed by atoms with Crippen LogP contribution in [-0.2, 0) is 0 Å². The van der Waals surface area contributed by atoms with Gasteiger partial charge in [-0.1, -0.05) is 6.42 Å². The first kappa shape index (κ1) is 11.4. The van der Waals surface area contributed by atoms with Crippen LogP contribution in [-0.4, -0.2) is 48.3 Å². The van der Waals surface area contributed by atoms with Gasteiger partial charge in [0.2, 0.25) is 0 Å². The summed E-state index contributed by atoms with van der Waals surface area (Å²) in [6, 6.07) is 1.55. The SMILES string of the molecule is OCCCN(C1CCC1)C1CCCNC1. The largest absolute Gasteiger partial charge is 0.396 e. The number of nitrogens with one attached hydrogen (secondary N) is 1. The van der Waals surface area contributed by atoms with E-state index in [1.54, 1.807) is 0 Å². The molecule has 0 amide bonds. The van der Waals surface area contributed by atoms with Gasteiger partial charge in [0.25, 0.3) is 0 Å². The summed E-state index contributed by atoms with van der Waals surface area (Å²) in [4.78, 5) is 2.66. The highest BCUT2D eigenvalue weighted by atomic mass is 16.3. The third-order valence-electron chi connectivity index (χ3n) is 3.86. The fourth-order valence-electron chi connectivity index (χ4n) is 2.75. The van der Waals surface area contributed by atoms with Crippen molar-refractivity contribution in [1.29, 1.82) is 0 Å². The smallest absolute Gasteiger partial charge is 0.0443 e. The fraction of sp³-hybridized carbons (Fsp3) is 1.00. The molecule has 3 heteroatoms. The van der Waals surface area contributed by atoms with Gasteiger partial charge in [-0.2, -0.15) is 0 Å². The van der Waals surface area contributed by atoms with Crippen molar-refractivity contribution in [2.75, 3.05) is 26.2 Å². The van der Waals surface area contributed by atoms with Gasteiger partial charge in [-0.05, 0) is 38.6 Å². The molecule has 88 valence electrons. The Bertz CT molecular complexity index is 176. The minimum absolute atomic E-state index is 0.337. The monoisotopic (exact) mass is 212 g/mol. The average Bonchev–Trinajstić information content (AvgIpc) is 2.22. The number of piperidine rings is 1. The minimum atomic E-state index is 0.337. The van der Waals surface area contributed by atoms with Crippen LogP contribution in [0.15, 0.2) is 0 Å². The van der Waals surface area contributed by atoms with Crippen LogP contribution in [0.4, 0.5) is 0 Å². The second-order valence-electron chi connectivity index (χ2n) is 4.90. The zero-order valence-corrected chi connectivity index (χ0v) is 9.62. The molecule has 1 saturated carbocycles. The van der Waals surface area contributed by atoms with E-state index in [0.29, 0.717) is 6.61 Å². The van der Waals surface area contributed by atoms with E-state index in [2.05, 4.69) is 10.2 Å². The zero-order valence-electron chi connectivity index (χ0n) is 9.62. The van der Waals surface area contributed by atoms with Gasteiger partial charge in [0.1, 0.15) is 0 Å². The standard InChI is InChI=1S/C12H24N2O/c15-9-3-8-14(11-4-1-5-11)12-6-2-7-13-10-12/h11-13,15H,1-10H2. The van der Waals surface area contributed by atoms with Gasteiger partial charge < -0.3 is 10.4 Å². The molecule has 0 bridgehead atoms. The Morgan fingerprint density at radius 3 is 2.47 bits per heavy atom. The first-order valence-corrected chi connectivity index (χ1v) is 6.49. The lowest BCUT2D eigenvalue weighted by atomic mass is 9.89. The number of nitrogens with zero attached hydrogens (tertiary/aromatic N) is 1. The van der Waals surface area contributed by atoms with Gasteiger partial charge >= 0.3 is 0 Å². The molecule has 2 aliphatic rings. The van der Waals surface area contributed by atoms with Crippen LogP contribution in [0, 0.1) is 0 Å². The van der Waals surface area contributed by atoms with E-state index in [4.69, 9.17) is 5.11 Å². The van der Waals surface area contributed by atoms with E-state index in [-0.39, 0.29) is 0 Å². The molecule has 0 aromatic rings. The summed E-state index contributed by atoms with van der Waals surface area (Å²) in [5, 5.41) is 12.4. The Balaban J connectivity index is 1.84. The number of aliphatic hydroxyl groups is 1. The second-order valence-corrected chi connectivity index (χ2v) is 4.90. The molecule has 2 rings (SSSR count). The molecule has 0 radical (unpaired) electrons. The molecular weight excluding hydrogens is 188 g/mol. The number of rotatable bonds is 5. The highest BCUT2D eigenvalue weighted by molar-refractivity contribution is 4.87. The summed E-state index contributed by atoms with van der Waals surface area (Å²) in [6.45, 7) is 3.77. The van der Waals surface area contributed by atoms with E-state index < -0.39 is 0 Å². The zero-order chi connectivity index (χ0) is 10.5. The number of hydrogen-bond acceptors (Lipinski definition) is 3. The summed E-state index contributed by atoms with van der Waals surface area (Å²) < 4.78 is 0. The first-order valence-electron chi connectivity index (χ1n) is 6.49. The lowest BCUT2D eigenvalue weighted by molar-refractivity contribution is 0.0597. The van der Waals surface area contributed by atoms with Crippen LogP contribution in [0.25, 0.3) is 0 Å². The second kappa shape index (κ2) is 5.83. The molecule has 1 aliphatic heterocycles. The molecule has 1 heterocycles. The van der Waals surface area contributed by atoms with Gasteiger partial charge in [-0.25, -0.2) is 0 Å². The van der Waals surface area contributed by atoms with E-state index in [1.165, 1.54) is 38.6 Å².